The maximum Gasteiger partial charge on any atom is 0.387 e. The van der Waals surface area contributed by atoms with E-state index in [-0.39, 0.29) is 29.5 Å². The summed E-state index contributed by atoms with van der Waals surface area (Å²) < 4.78 is 33.8. The summed E-state index contributed by atoms with van der Waals surface area (Å²) in [6, 6.07) is 15.6. The van der Waals surface area contributed by atoms with Crippen LogP contribution in [0.4, 0.5) is 14.5 Å². The molecule has 28 heavy (non-hydrogen) atoms. The lowest BCUT2D eigenvalue weighted by Crippen LogP contribution is -2.22. The highest BCUT2D eigenvalue weighted by atomic mass is 19.3. The average molecular weight is 386 g/mol. The average Bonchev–Trinajstić information content (AvgIpc) is 3.22. The predicted octanol–water partition coefficient (Wildman–Crippen LogP) is 4.06. The molecule has 0 radical (unpaired) electrons. The number of alkyl halides is 2. The van der Waals surface area contributed by atoms with E-state index in [1.807, 2.05) is 0 Å². The zero-order valence-electron chi connectivity index (χ0n) is 14.5. The van der Waals surface area contributed by atoms with Gasteiger partial charge in [0.15, 0.2) is 5.76 Å². The highest BCUT2D eigenvalue weighted by molar-refractivity contribution is 6.02. The molecule has 1 aromatic heterocycles. The molecule has 2 aromatic carbocycles. The Labute approximate surface area is 159 Å². The van der Waals surface area contributed by atoms with Crippen LogP contribution in [0.1, 0.15) is 26.5 Å². The standard InChI is InChI=1S/C20H16F2N2O4/c21-20(22)28-16-4-1-3-14(11-16)18(25)23-12-13-6-8-15(9-7-13)24-19(26)17-5-2-10-27-17/h1-11,20H,12H2,(H,23,25)(H,24,26). The fourth-order valence-corrected chi connectivity index (χ4v) is 2.40. The Morgan fingerprint density at radius 2 is 1.79 bits per heavy atom. The van der Waals surface area contributed by atoms with Crippen molar-refractivity contribution in [3.63, 3.8) is 0 Å². The van der Waals surface area contributed by atoms with Gasteiger partial charge < -0.3 is 19.8 Å². The Morgan fingerprint density at radius 3 is 2.46 bits per heavy atom. The molecule has 0 atom stereocenters. The molecule has 2 amide bonds. The Bertz CT molecular complexity index is 941. The minimum absolute atomic E-state index is 0.0840. The number of halogens is 2. The van der Waals surface area contributed by atoms with Gasteiger partial charge in [0.2, 0.25) is 0 Å². The monoisotopic (exact) mass is 386 g/mol. The van der Waals surface area contributed by atoms with Gasteiger partial charge in [-0.2, -0.15) is 8.78 Å². The molecule has 0 bridgehead atoms. The lowest BCUT2D eigenvalue weighted by atomic mass is 10.1. The molecule has 0 fully saturated rings. The highest BCUT2D eigenvalue weighted by Gasteiger charge is 2.10. The van der Waals surface area contributed by atoms with Gasteiger partial charge in [0.25, 0.3) is 11.8 Å². The van der Waals surface area contributed by atoms with Gasteiger partial charge in [-0.3, -0.25) is 9.59 Å². The number of anilines is 1. The van der Waals surface area contributed by atoms with Crippen LogP contribution in [0.2, 0.25) is 0 Å². The van der Waals surface area contributed by atoms with Crippen molar-refractivity contribution in [3.05, 3.63) is 83.8 Å². The van der Waals surface area contributed by atoms with Crippen molar-refractivity contribution in [3.8, 4) is 5.75 Å². The van der Waals surface area contributed by atoms with Crippen LogP contribution in [0, 0.1) is 0 Å². The third-order valence-electron chi connectivity index (χ3n) is 3.73. The first-order valence-electron chi connectivity index (χ1n) is 8.28. The van der Waals surface area contributed by atoms with Crippen molar-refractivity contribution in [2.75, 3.05) is 5.32 Å². The van der Waals surface area contributed by atoms with Crippen LogP contribution < -0.4 is 15.4 Å². The summed E-state index contributed by atoms with van der Waals surface area (Å²) in [6.45, 7) is -2.73. The number of nitrogens with one attached hydrogen (secondary N) is 2. The summed E-state index contributed by atoms with van der Waals surface area (Å²) in [6.07, 6.45) is 1.41. The second kappa shape index (κ2) is 8.81. The van der Waals surface area contributed by atoms with Gasteiger partial charge in [-0.25, -0.2) is 0 Å². The molecular weight excluding hydrogens is 370 g/mol. The maximum absolute atomic E-state index is 12.3. The molecule has 0 unspecified atom stereocenters. The Morgan fingerprint density at radius 1 is 1.00 bits per heavy atom. The molecule has 0 spiro atoms. The van der Waals surface area contributed by atoms with Crippen LogP contribution in [0.5, 0.6) is 5.75 Å². The summed E-state index contributed by atoms with van der Waals surface area (Å²) >= 11 is 0. The number of amides is 2. The number of furan rings is 1. The Kier molecular flexibility index (Phi) is 6.01. The van der Waals surface area contributed by atoms with Crippen LogP contribution in [-0.2, 0) is 6.54 Å². The van der Waals surface area contributed by atoms with Gasteiger partial charge in [0.05, 0.1) is 6.26 Å². The molecule has 2 N–H and O–H groups in total. The molecule has 6 nitrogen and oxygen atoms in total. The zero-order chi connectivity index (χ0) is 19.9. The molecule has 3 aromatic rings. The molecule has 0 aliphatic carbocycles. The number of rotatable bonds is 7. The van der Waals surface area contributed by atoms with Crippen LogP contribution in [0.15, 0.2) is 71.3 Å². The van der Waals surface area contributed by atoms with E-state index in [9.17, 15) is 18.4 Å². The number of carbonyl (C=O) groups is 2. The summed E-state index contributed by atoms with van der Waals surface area (Å²) in [5.41, 5.74) is 1.58. The van der Waals surface area contributed by atoms with Crippen LogP contribution in [0.25, 0.3) is 0 Å². The number of hydrogen-bond acceptors (Lipinski definition) is 4. The fourth-order valence-electron chi connectivity index (χ4n) is 2.40. The van der Waals surface area contributed by atoms with Gasteiger partial charge in [-0.15, -0.1) is 0 Å². The second-order valence-corrected chi connectivity index (χ2v) is 5.72. The molecule has 8 heteroatoms. The van der Waals surface area contributed by atoms with Crippen molar-refractivity contribution in [2.45, 2.75) is 13.2 Å². The van der Waals surface area contributed by atoms with Crippen molar-refractivity contribution in [2.24, 2.45) is 0 Å². The van der Waals surface area contributed by atoms with Gasteiger partial charge in [0.1, 0.15) is 5.75 Å². The van der Waals surface area contributed by atoms with Crippen molar-refractivity contribution in [1.82, 2.24) is 5.32 Å². The third-order valence-corrected chi connectivity index (χ3v) is 3.73. The number of carbonyl (C=O) groups excluding carboxylic acids is 2. The first-order valence-corrected chi connectivity index (χ1v) is 8.28. The normalized spacial score (nSPS) is 10.5. The SMILES string of the molecule is O=C(NCc1ccc(NC(=O)c2ccco2)cc1)c1cccc(OC(F)F)c1. The maximum atomic E-state index is 12.3. The smallest absolute Gasteiger partial charge is 0.387 e. The lowest BCUT2D eigenvalue weighted by Gasteiger charge is -2.09. The fraction of sp³-hybridized carbons (Fsp3) is 0.100. The topological polar surface area (TPSA) is 80.6 Å². The number of ether oxygens (including phenoxy) is 1. The zero-order valence-corrected chi connectivity index (χ0v) is 14.5. The predicted molar refractivity (Wildman–Crippen MR) is 97.3 cm³/mol. The molecule has 1 heterocycles. The van der Waals surface area contributed by atoms with E-state index >= 15 is 0 Å². The van der Waals surface area contributed by atoms with Gasteiger partial charge in [0, 0.05) is 17.8 Å². The molecule has 0 saturated carbocycles. The van der Waals surface area contributed by atoms with Crippen LogP contribution in [-0.4, -0.2) is 18.4 Å². The van der Waals surface area contributed by atoms with Gasteiger partial charge in [-0.05, 0) is 48.0 Å². The van der Waals surface area contributed by atoms with Gasteiger partial charge in [-0.1, -0.05) is 18.2 Å². The van der Waals surface area contributed by atoms with E-state index in [1.165, 1.54) is 30.5 Å². The first-order chi connectivity index (χ1) is 13.5. The summed E-state index contributed by atoms with van der Waals surface area (Å²) in [5.74, 6) is -0.666. The minimum Gasteiger partial charge on any atom is -0.459 e. The lowest BCUT2D eigenvalue weighted by molar-refractivity contribution is -0.0498. The largest absolute Gasteiger partial charge is 0.459 e. The number of hydrogen-bond donors (Lipinski definition) is 2. The molecule has 0 saturated heterocycles. The quantitative estimate of drug-likeness (QED) is 0.642. The molecule has 0 aliphatic heterocycles. The van der Waals surface area contributed by atoms with E-state index < -0.39 is 12.5 Å². The minimum atomic E-state index is -2.95. The van der Waals surface area contributed by atoms with E-state index in [4.69, 9.17) is 4.42 Å². The third kappa shape index (κ3) is 5.16. The Hall–Kier alpha value is -3.68. The van der Waals surface area contributed by atoms with Gasteiger partial charge >= 0.3 is 6.61 Å². The first kappa shape index (κ1) is 19.1. The number of benzene rings is 2. The van der Waals surface area contributed by atoms with E-state index in [0.29, 0.717) is 5.69 Å². The van der Waals surface area contributed by atoms with Crippen molar-refractivity contribution >= 4 is 17.5 Å². The molecule has 144 valence electrons. The molecule has 3 rings (SSSR count). The van der Waals surface area contributed by atoms with E-state index in [1.54, 1.807) is 36.4 Å². The summed E-state index contributed by atoms with van der Waals surface area (Å²) in [4.78, 5) is 24.1. The van der Waals surface area contributed by atoms with Crippen molar-refractivity contribution < 1.29 is 27.5 Å². The second-order valence-electron chi connectivity index (χ2n) is 5.72. The Balaban J connectivity index is 1.54. The van der Waals surface area contributed by atoms with E-state index in [2.05, 4.69) is 15.4 Å². The highest BCUT2D eigenvalue weighted by Crippen LogP contribution is 2.16. The summed E-state index contributed by atoms with van der Waals surface area (Å²) in [7, 11) is 0. The molecular formula is C20H16F2N2O4. The van der Waals surface area contributed by atoms with Crippen LogP contribution in [0.3, 0.4) is 0 Å². The van der Waals surface area contributed by atoms with E-state index in [0.717, 1.165) is 5.56 Å². The van der Waals surface area contributed by atoms with Crippen molar-refractivity contribution in [1.29, 1.82) is 0 Å². The molecule has 0 aliphatic rings. The van der Waals surface area contributed by atoms with Crippen LogP contribution >= 0.6 is 0 Å². The summed E-state index contributed by atoms with van der Waals surface area (Å²) in [5, 5.41) is 5.38.